The number of urea groups is 1. The lowest BCUT2D eigenvalue weighted by Gasteiger charge is -2.42. The zero-order valence-electron chi connectivity index (χ0n) is 17.2. The molecule has 2 N–H and O–H groups in total. The molecular weight excluding hydrogens is 424 g/mol. The number of rotatable bonds is 6. The summed E-state index contributed by atoms with van der Waals surface area (Å²) in [5.74, 6) is 0.0586. The predicted octanol–water partition coefficient (Wildman–Crippen LogP) is 1.69. The van der Waals surface area contributed by atoms with Crippen LogP contribution in [-0.4, -0.2) is 53.4 Å². The Kier molecular flexibility index (Phi) is 5.67. The monoisotopic (exact) mass is 445 g/mol. The summed E-state index contributed by atoms with van der Waals surface area (Å²) in [4.78, 5) is 43.8. The van der Waals surface area contributed by atoms with Gasteiger partial charge in [-0.3, -0.25) is 10.1 Å². The van der Waals surface area contributed by atoms with Crippen molar-refractivity contribution in [1.82, 2.24) is 20.5 Å². The van der Waals surface area contributed by atoms with Crippen molar-refractivity contribution in [2.45, 2.75) is 31.3 Å². The Morgan fingerprint density at radius 3 is 2.59 bits per heavy atom. The van der Waals surface area contributed by atoms with Crippen LogP contribution in [0, 0.1) is 11.6 Å². The fourth-order valence-electron chi connectivity index (χ4n) is 4.27. The van der Waals surface area contributed by atoms with E-state index >= 15 is 0 Å². The molecule has 3 heterocycles. The summed E-state index contributed by atoms with van der Waals surface area (Å²) in [5.41, 5.74) is -0.448. The van der Waals surface area contributed by atoms with E-state index in [4.69, 9.17) is 4.42 Å². The first-order valence-corrected chi connectivity index (χ1v) is 10.1. The second-order valence-electron chi connectivity index (χ2n) is 7.85. The van der Waals surface area contributed by atoms with Crippen molar-refractivity contribution in [2.75, 3.05) is 24.5 Å². The molecule has 2 saturated heterocycles. The van der Waals surface area contributed by atoms with Crippen molar-refractivity contribution in [3.05, 3.63) is 53.9 Å². The molecule has 1 aromatic carbocycles. The fraction of sp³-hybridized carbons (Fsp3) is 0.381. The maximum atomic E-state index is 13.6. The van der Waals surface area contributed by atoms with Crippen molar-refractivity contribution >= 4 is 23.6 Å². The normalized spacial score (nSPS) is 23.0. The Bertz CT molecular complexity index is 1070. The van der Waals surface area contributed by atoms with Crippen LogP contribution < -0.4 is 15.5 Å². The van der Waals surface area contributed by atoms with Crippen LogP contribution >= 0.6 is 0 Å². The number of benzene rings is 1. The van der Waals surface area contributed by atoms with Crippen molar-refractivity contribution in [1.29, 1.82) is 0 Å². The molecule has 4 rings (SSSR count). The van der Waals surface area contributed by atoms with Crippen LogP contribution in [0.15, 0.2) is 41.0 Å². The van der Waals surface area contributed by atoms with E-state index in [1.54, 1.807) is 0 Å². The summed E-state index contributed by atoms with van der Waals surface area (Å²) < 4.78 is 32.2. The van der Waals surface area contributed by atoms with E-state index in [9.17, 15) is 23.2 Å². The van der Waals surface area contributed by atoms with Gasteiger partial charge in [0.1, 0.15) is 29.5 Å². The highest BCUT2D eigenvalue weighted by atomic mass is 19.1. The Balaban J connectivity index is 1.46. The summed E-state index contributed by atoms with van der Waals surface area (Å²) in [5, 5.41) is 4.78. The van der Waals surface area contributed by atoms with Gasteiger partial charge in [0.15, 0.2) is 11.9 Å². The lowest BCUT2D eigenvalue weighted by atomic mass is 9.89. The van der Waals surface area contributed by atoms with Gasteiger partial charge < -0.3 is 19.5 Å². The van der Waals surface area contributed by atoms with Crippen molar-refractivity contribution in [3.8, 4) is 0 Å². The lowest BCUT2D eigenvalue weighted by molar-refractivity contribution is -0.124. The summed E-state index contributed by atoms with van der Waals surface area (Å²) in [6.07, 6.45) is 2.65. The van der Waals surface area contributed by atoms with Crippen molar-refractivity contribution in [2.24, 2.45) is 0 Å². The maximum absolute atomic E-state index is 13.6. The molecule has 0 radical (unpaired) electrons. The number of carbonyl (C=O) groups is 2. The van der Waals surface area contributed by atoms with Crippen LogP contribution in [0.1, 0.15) is 25.5 Å². The molecule has 0 aliphatic carbocycles. The average Bonchev–Trinajstić information content (AvgIpc) is 3.36. The van der Waals surface area contributed by atoms with Crippen LogP contribution in [0.2, 0.25) is 0 Å². The van der Waals surface area contributed by atoms with Gasteiger partial charge in [-0.05, 0) is 25.5 Å². The van der Waals surface area contributed by atoms with E-state index in [2.05, 4.69) is 15.6 Å². The molecule has 9 nitrogen and oxygen atoms in total. The number of nitrogens with zero attached hydrogens (tertiary/aromatic N) is 3. The summed E-state index contributed by atoms with van der Waals surface area (Å²) in [6, 6.07) is 2.57. The molecular formula is C21H21F2N5O4. The van der Waals surface area contributed by atoms with Gasteiger partial charge in [-0.2, -0.15) is 0 Å². The molecule has 168 valence electrons. The summed E-state index contributed by atoms with van der Waals surface area (Å²) in [7, 11) is 0. The van der Waals surface area contributed by atoms with Gasteiger partial charge in [0.25, 0.3) is 5.91 Å². The van der Waals surface area contributed by atoms with Crippen molar-refractivity contribution < 1.29 is 27.6 Å². The number of hydrogen-bond donors (Lipinski definition) is 2. The van der Waals surface area contributed by atoms with E-state index in [0.717, 1.165) is 12.5 Å². The number of nitrogens with one attached hydrogen (secondary N) is 2. The van der Waals surface area contributed by atoms with Gasteiger partial charge in [0, 0.05) is 43.9 Å². The zero-order valence-corrected chi connectivity index (χ0v) is 17.2. The molecule has 3 amide bonds. The first-order valence-electron chi connectivity index (χ1n) is 10.1. The maximum Gasteiger partial charge on any atom is 0.322 e. The van der Waals surface area contributed by atoms with Crippen LogP contribution in [0.25, 0.3) is 0 Å². The molecule has 1 aromatic heterocycles. The van der Waals surface area contributed by atoms with Gasteiger partial charge in [-0.25, -0.2) is 23.4 Å². The molecule has 0 spiro atoms. The number of hydrogen-bond acceptors (Lipinski definition) is 7. The first kappa shape index (κ1) is 21.5. The van der Waals surface area contributed by atoms with Crippen molar-refractivity contribution in [3.63, 3.8) is 0 Å². The third-order valence-electron chi connectivity index (χ3n) is 5.85. The minimum atomic E-state index is -1.45. The molecule has 1 unspecified atom stereocenters. The summed E-state index contributed by atoms with van der Waals surface area (Å²) in [6.45, 7) is 3.15. The van der Waals surface area contributed by atoms with Gasteiger partial charge in [-0.1, -0.05) is 0 Å². The SMILES string of the molecule is C[C@H]1CN(C(=C=O)CCC2(c3cocn3)NC(=O)NC2=O)CCN1c1cc(F)cc(F)c1. The minimum absolute atomic E-state index is 0.0748. The Morgan fingerprint density at radius 1 is 1.28 bits per heavy atom. The van der Waals surface area contributed by atoms with Crippen LogP contribution in [-0.2, 0) is 15.1 Å². The van der Waals surface area contributed by atoms with Gasteiger partial charge in [0.05, 0.1) is 5.70 Å². The Morgan fingerprint density at radius 2 is 2.03 bits per heavy atom. The van der Waals surface area contributed by atoms with E-state index in [1.165, 1.54) is 18.4 Å². The molecule has 2 aromatic rings. The number of piperazine rings is 1. The first-order chi connectivity index (χ1) is 15.3. The number of anilines is 1. The van der Waals surface area contributed by atoms with Gasteiger partial charge in [-0.15, -0.1) is 0 Å². The fourth-order valence-corrected chi connectivity index (χ4v) is 4.27. The van der Waals surface area contributed by atoms with E-state index in [-0.39, 0.29) is 24.6 Å². The molecule has 11 heteroatoms. The number of imide groups is 1. The number of amides is 3. The standard InChI is InChI=1S/C21H21F2N5O4/c1-13-9-27(4-5-28(13)17-7-14(22)6-15(23)8-17)16(10-29)2-3-21(18-11-32-12-24-18)19(30)25-20(31)26-21/h6-8,11-13H,2-5,9H2,1H3,(H2,25,26,30,31)/t13-,21?/m0/s1. The predicted molar refractivity (Wildman–Crippen MR) is 108 cm³/mol. The number of aromatic nitrogens is 1. The van der Waals surface area contributed by atoms with Crippen LogP contribution in [0.4, 0.5) is 19.3 Å². The van der Waals surface area contributed by atoms with E-state index < -0.39 is 29.1 Å². The zero-order chi connectivity index (χ0) is 22.9. The third kappa shape index (κ3) is 3.94. The lowest BCUT2D eigenvalue weighted by Crippen LogP contribution is -2.52. The number of oxazole rings is 1. The molecule has 2 fully saturated rings. The molecule has 32 heavy (non-hydrogen) atoms. The molecule has 2 aliphatic heterocycles. The second-order valence-corrected chi connectivity index (χ2v) is 7.85. The quantitative estimate of drug-likeness (QED) is 0.515. The molecule has 2 aliphatic rings. The third-order valence-corrected chi connectivity index (χ3v) is 5.85. The smallest absolute Gasteiger partial charge is 0.322 e. The van der Waals surface area contributed by atoms with Crippen LogP contribution in [0.5, 0.6) is 0 Å². The van der Waals surface area contributed by atoms with E-state index in [1.807, 2.05) is 22.7 Å². The number of carbonyl (C=O) groups excluding carboxylic acids is 3. The molecule has 2 atom stereocenters. The topological polar surface area (TPSA) is 108 Å². The Labute approximate surface area is 182 Å². The Hall–Kier alpha value is -3.72. The highest BCUT2D eigenvalue weighted by molar-refractivity contribution is 6.07. The molecule has 0 bridgehead atoms. The van der Waals surface area contributed by atoms with Crippen LogP contribution in [0.3, 0.4) is 0 Å². The van der Waals surface area contributed by atoms with E-state index in [0.29, 0.717) is 31.0 Å². The second kappa shape index (κ2) is 8.43. The number of halogens is 2. The highest BCUT2D eigenvalue weighted by Crippen LogP contribution is 2.31. The largest absolute Gasteiger partial charge is 0.451 e. The number of allylic oxidation sites excluding steroid dienone is 1. The minimum Gasteiger partial charge on any atom is -0.451 e. The molecule has 0 saturated carbocycles. The van der Waals surface area contributed by atoms with Gasteiger partial charge in [0.2, 0.25) is 0 Å². The summed E-state index contributed by atoms with van der Waals surface area (Å²) >= 11 is 0. The van der Waals surface area contributed by atoms with Gasteiger partial charge >= 0.3 is 6.03 Å². The highest BCUT2D eigenvalue weighted by Gasteiger charge is 2.49. The average molecular weight is 445 g/mol.